The molecule has 0 amide bonds. The lowest BCUT2D eigenvalue weighted by atomic mass is 10.0. The highest BCUT2D eigenvalue weighted by atomic mass is 28.4. The summed E-state index contributed by atoms with van der Waals surface area (Å²) in [5, 5.41) is 10.2. The molecule has 1 aliphatic carbocycles. The molecule has 1 saturated carbocycles. The highest BCUT2D eigenvalue weighted by Gasteiger charge is 2.58. The fourth-order valence-corrected chi connectivity index (χ4v) is 4.61. The van der Waals surface area contributed by atoms with Crippen LogP contribution in [0.3, 0.4) is 0 Å². The summed E-state index contributed by atoms with van der Waals surface area (Å²) in [6.07, 6.45) is 7.74. The third-order valence-corrected chi connectivity index (χ3v) is 9.95. The SMILES string of the molecule is C=CC[C@H](O)CCC1(O[Si](C)(C)C(C)(C)C)CC1CCC. The Labute approximate surface area is 133 Å². The van der Waals surface area contributed by atoms with Crippen molar-refractivity contribution in [2.24, 2.45) is 5.92 Å². The summed E-state index contributed by atoms with van der Waals surface area (Å²) >= 11 is 0. The predicted octanol–water partition coefficient (Wildman–Crippen LogP) is 5.28. The van der Waals surface area contributed by atoms with Crippen molar-refractivity contribution >= 4 is 8.32 Å². The van der Waals surface area contributed by atoms with Gasteiger partial charge < -0.3 is 9.53 Å². The van der Waals surface area contributed by atoms with Crippen LogP contribution < -0.4 is 0 Å². The molecule has 0 aromatic carbocycles. The summed E-state index contributed by atoms with van der Waals surface area (Å²) in [7, 11) is -1.74. The van der Waals surface area contributed by atoms with E-state index in [-0.39, 0.29) is 16.7 Å². The van der Waals surface area contributed by atoms with Crippen molar-refractivity contribution in [1.29, 1.82) is 0 Å². The van der Waals surface area contributed by atoms with Crippen LogP contribution in [0.25, 0.3) is 0 Å². The molecule has 3 atom stereocenters. The Morgan fingerprint density at radius 3 is 2.52 bits per heavy atom. The summed E-state index contributed by atoms with van der Waals surface area (Å²) in [6, 6.07) is 0. The van der Waals surface area contributed by atoms with Crippen LogP contribution in [0.15, 0.2) is 12.7 Å². The monoisotopic (exact) mass is 312 g/mol. The van der Waals surface area contributed by atoms with Crippen molar-refractivity contribution < 1.29 is 9.53 Å². The molecule has 0 heterocycles. The summed E-state index contributed by atoms with van der Waals surface area (Å²) in [5.41, 5.74) is 0.0567. The maximum atomic E-state index is 10.00. The Morgan fingerprint density at radius 1 is 1.43 bits per heavy atom. The lowest BCUT2D eigenvalue weighted by Crippen LogP contribution is -2.45. The van der Waals surface area contributed by atoms with E-state index in [4.69, 9.17) is 4.43 Å². The summed E-state index contributed by atoms with van der Waals surface area (Å²) in [4.78, 5) is 0. The predicted molar refractivity (Wildman–Crippen MR) is 94.1 cm³/mol. The fourth-order valence-electron chi connectivity index (χ4n) is 2.94. The molecule has 1 N–H and O–H groups in total. The van der Waals surface area contributed by atoms with Gasteiger partial charge in [-0.05, 0) is 56.2 Å². The Hall–Kier alpha value is -0.123. The van der Waals surface area contributed by atoms with Gasteiger partial charge in [-0.1, -0.05) is 40.2 Å². The van der Waals surface area contributed by atoms with Gasteiger partial charge in [0.2, 0.25) is 0 Å². The smallest absolute Gasteiger partial charge is 0.192 e. The molecule has 1 fully saturated rings. The van der Waals surface area contributed by atoms with E-state index < -0.39 is 8.32 Å². The molecule has 2 unspecified atom stereocenters. The van der Waals surface area contributed by atoms with E-state index in [0.717, 1.165) is 12.8 Å². The maximum Gasteiger partial charge on any atom is 0.192 e. The van der Waals surface area contributed by atoms with Gasteiger partial charge in [-0.25, -0.2) is 0 Å². The molecule has 0 saturated heterocycles. The minimum absolute atomic E-state index is 0.0567. The van der Waals surface area contributed by atoms with Crippen molar-refractivity contribution in [3.63, 3.8) is 0 Å². The van der Waals surface area contributed by atoms with Crippen molar-refractivity contribution in [3.8, 4) is 0 Å². The van der Waals surface area contributed by atoms with E-state index in [2.05, 4.69) is 47.4 Å². The van der Waals surface area contributed by atoms with E-state index in [1.165, 1.54) is 19.3 Å². The molecule has 0 aromatic heterocycles. The van der Waals surface area contributed by atoms with Crippen LogP contribution in [-0.4, -0.2) is 25.1 Å². The first-order valence-electron chi connectivity index (χ1n) is 8.57. The zero-order valence-corrected chi connectivity index (χ0v) is 16.0. The van der Waals surface area contributed by atoms with Crippen LogP contribution in [0.4, 0.5) is 0 Å². The average molecular weight is 313 g/mol. The molecule has 1 aliphatic rings. The van der Waals surface area contributed by atoms with Crippen molar-refractivity contribution in [1.82, 2.24) is 0 Å². The first-order chi connectivity index (χ1) is 9.58. The zero-order chi connectivity index (χ0) is 16.3. The standard InChI is InChI=1S/C18H36O2Si/c1-8-10-15-14-18(15,13-12-16(19)11-9-2)20-21(6,7)17(3,4)5/h9,15-16,19H,2,8,10-14H2,1,3-7H3/t15?,16-,18?/m0/s1. The molecule has 0 radical (unpaired) electrons. The minimum Gasteiger partial charge on any atom is -0.411 e. The molecule has 2 nitrogen and oxygen atoms in total. The molecule has 1 rings (SSSR count). The highest BCUT2D eigenvalue weighted by Crippen LogP contribution is 2.56. The van der Waals surface area contributed by atoms with Crippen LogP contribution in [0.1, 0.15) is 66.2 Å². The van der Waals surface area contributed by atoms with Crippen LogP contribution >= 0.6 is 0 Å². The molecular weight excluding hydrogens is 276 g/mol. The van der Waals surface area contributed by atoms with Crippen LogP contribution in [0, 0.1) is 5.92 Å². The lowest BCUT2D eigenvalue weighted by molar-refractivity contribution is 0.0936. The second-order valence-corrected chi connectivity index (χ2v) is 13.1. The number of hydrogen-bond acceptors (Lipinski definition) is 2. The molecule has 0 aromatic rings. The van der Waals surface area contributed by atoms with E-state index in [0.29, 0.717) is 12.3 Å². The lowest BCUT2D eigenvalue weighted by Gasteiger charge is -2.40. The topological polar surface area (TPSA) is 29.5 Å². The Balaban J connectivity index is 2.71. The van der Waals surface area contributed by atoms with Crippen LogP contribution in [-0.2, 0) is 4.43 Å². The number of hydrogen-bond donors (Lipinski definition) is 1. The van der Waals surface area contributed by atoms with Crippen LogP contribution in [0.5, 0.6) is 0 Å². The van der Waals surface area contributed by atoms with Crippen molar-refractivity contribution in [2.45, 2.75) is 96.1 Å². The second-order valence-electron chi connectivity index (χ2n) is 8.33. The van der Waals surface area contributed by atoms with Gasteiger partial charge in [-0.15, -0.1) is 6.58 Å². The normalized spacial score (nSPS) is 27.5. The van der Waals surface area contributed by atoms with Gasteiger partial charge in [-0.3, -0.25) is 0 Å². The zero-order valence-electron chi connectivity index (χ0n) is 15.0. The highest BCUT2D eigenvalue weighted by molar-refractivity contribution is 6.74. The third kappa shape index (κ3) is 4.94. The summed E-state index contributed by atoms with van der Waals surface area (Å²) in [6.45, 7) is 17.6. The van der Waals surface area contributed by atoms with Crippen molar-refractivity contribution in [3.05, 3.63) is 12.7 Å². The third-order valence-electron chi connectivity index (χ3n) is 5.42. The maximum absolute atomic E-state index is 10.00. The van der Waals surface area contributed by atoms with Gasteiger partial charge in [0, 0.05) is 0 Å². The van der Waals surface area contributed by atoms with Crippen molar-refractivity contribution in [2.75, 3.05) is 0 Å². The minimum atomic E-state index is -1.74. The van der Waals surface area contributed by atoms with E-state index >= 15 is 0 Å². The fraction of sp³-hybridized carbons (Fsp3) is 0.889. The molecule has 124 valence electrons. The van der Waals surface area contributed by atoms with Gasteiger partial charge in [-0.2, -0.15) is 0 Å². The van der Waals surface area contributed by atoms with Gasteiger partial charge >= 0.3 is 0 Å². The van der Waals surface area contributed by atoms with Gasteiger partial charge in [0.15, 0.2) is 8.32 Å². The van der Waals surface area contributed by atoms with Gasteiger partial charge in [0.1, 0.15) is 0 Å². The van der Waals surface area contributed by atoms with E-state index in [9.17, 15) is 5.11 Å². The molecular formula is C18H36O2Si. The largest absolute Gasteiger partial charge is 0.411 e. The second kappa shape index (κ2) is 6.97. The first kappa shape index (κ1) is 18.9. The number of aliphatic hydroxyl groups is 1. The first-order valence-corrected chi connectivity index (χ1v) is 11.5. The van der Waals surface area contributed by atoms with E-state index in [1.807, 2.05) is 6.08 Å². The molecule has 0 bridgehead atoms. The quantitative estimate of drug-likeness (QED) is 0.463. The molecule has 3 heteroatoms. The van der Waals surface area contributed by atoms with Gasteiger partial charge in [0.25, 0.3) is 0 Å². The molecule has 21 heavy (non-hydrogen) atoms. The Morgan fingerprint density at radius 2 is 2.05 bits per heavy atom. The summed E-state index contributed by atoms with van der Waals surface area (Å²) in [5.74, 6) is 0.701. The number of aliphatic hydroxyl groups excluding tert-OH is 1. The molecule has 0 aliphatic heterocycles. The summed E-state index contributed by atoms with van der Waals surface area (Å²) < 4.78 is 6.80. The van der Waals surface area contributed by atoms with E-state index in [1.54, 1.807) is 0 Å². The Bertz CT molecular complexity index is 346. The van der Waals surface area contributed by atoms with Gasteiger partial charge in [0.05, 0.1) is 11.7 Å². The number of rotatable bonds is 9. The Kier molecular flexibility index (Phi) is 6.28. The molecule has 0 spiro atoms. The van der Waals surface area contributed by atoms with Crippen LogP contribution in [0.2, 0.25) is 18.1 Å². The average Bonchev–Trinajstić information content (AvgIpc) is 2.99.